The Kier molecular flexibility index (Phi) is 7.09. The van der Waals surface area contributed by atoms with Crippen LogP contribution < -0.4 is 5.73 Å². The summed E-state index contributed by atoms with van der Waals surface area (Å²) in [4.78, 5) is 14.0. The molecule has 1 unspecified atom stereocenters. The maximum atomic E-state index is 12.2. The van der Waals surface area contributed by atoms with E-state index >= 15 is 0 Å². The van der Waals surface area contributed by atoms with Gasteiger partial charge in [0.05, 0.1) is 5.54 Å². The first-order chi connectivity index (χ1) is 8.36. The van der Waals surface area contributed by atoms with Crippen LogP contribution in [0.2, 0.25) is 0 Å². The highest BCUT2D eigenvalue weighted by Gasteiger charge is 2.29. The van der Waals surface area contributed by atoms with Gasteiger partial charge in [0.25, 0.3) is 0 Å². The first-order valence-corrected chi connectivity index (χ1v) is 6.47. The van der Waals surface area contributed by atoms with Crippen molar-refractivity contribution in [3.05, 3.63) is 35.4 Å². The zero-order valence-corrected chi connectivity index (χ0v) is 13.1. The van der Waals surface area contributed by atoms with Gasteiger partial charge in [-0.1, -0.05) is 43.2 Å². The normalized spacial score (nSPS) is 13.3. The van der Waals surface area contributed by atoms with Crippen LogP contribution in [0.25, 0.3) is 0 Å². The van der Waals surface area contributed by atoms with E-state index in [4.69, 9.17) is 5.73 Å². The number of rotatable bonds is 5. The molecule has 19 heavy (non-hydrogen) atoms. The highest BCUT2D eigenvalue weighted by atomic mass is 35.5. The molecule has 0 aliphatic carbocycles. The van der Waals surface area contributed by atoms with Gasteiger partial charge in [-0.25, -0.2) is 0 Å². The summed E-state index contributed by atoms with van der Waals surface area (Å²) in [5, 5.41) is 0. The number of likely N-dealkylation sites (N-methyl/N-ethyl adjacent to an activating group) is 1. The minimum atomic E-state index is -0.757. The summed E-state index contributed by atoms with van der Waals surface area (Å²) in [5.41, 5.74) is 7.65. The molecule has 0 bridgehead atoms. The molecular weight excluding hydrogens is 260 g/mol. The van der Waals surface area contributed by atoms with Crippen molar-refractivity contribution in [3.63, 3.8) is 0 Å². The second-order valence-corrected chi connectivity index (χ2v) is 5.32. The molecular formula is C15H25ClN2O. The molecule has 1 rings (SSSR count). The summed E-state index contributed by atoms with van der Waals surface area (Å²) < 4.78 is 0. The van der Waals surface area contributed by atoms with Gasteiger partial charge >= 0.3 is 0 Å². The SMILES string of the molecule is CCCC(C)(N)C(=O)N(C)Cc1cccc(C)c1.Cl. The Balaban J connectivity index is 0.00000324. The third kappa shape index (κ3) is 5.21. The number of nitrogens with zero attached hydrogens (tertiary/aromatic N) is 1. The lowest BCUT2D eigenvalue weighted by molar-refractivity contribution is -0.135. The Morgan fingerprint density at radius 2 is 2.05 bits per heavy atom. The van der Waals surface area contributed by atoms with Crippen LogP contribution in [0, 0.1) is 6.92 Å². The quantitative estimate of drug-likeness (QED) is 0.904. The van der Waals surface area contributed by atoms with Gasteiger partial charge in [0.1, 0.15) is 0 Å². The van der Waals surface area contributed by atoms with Gasteiger partial charge in [0.2, 0.25) is 5.91 Å². The molecule has 0 saturated carbocycles. The predicted molar refractivity (Wildman–Crippen MR) is 82.4 cm³/mol. The van der Waals surface area contributed by atoms with Gasteiger partial charge in [-0.05, 0) is 25.8 Å². The van der Waals surface area contributed by atoms with E-state index in [2.05, 4.69) is 19.1 Å². The van der Waals surface area contributed by atoms with Crippen LogP contribution in [-0.2, 0) is 11.3 Å². The summed E-state index contributed by atoms with van der Waals surface area (Å²) in [6.45, 7) is 6.51. The third-order valence-corrected chi connectivity index (χ3v) is 3.11. The van der Waals surface area contributed by atoms with E-state index in [0.717, 1.165) is 12.0 Å². The fraction of sp³-hybridized carbons (Fsp3) is 0.533. The molecule has 0 aliphatic rings. The molecule has 108 valence electrons. The maximum Gasteiger partial charge on any atom is 0.242 e. The standard InChI is InChI=1S/C15H24N2O.ClH/c1-5-9-15(3,16)14(18)17(4)11-13-8-6-7-12(2)10-13;/h6-8,10H,5,9,11,16H2,1-4H3;1H. The van der Waals surface area contributed by atoms with E-state index in [1.165, 1.54) is 5.56 Å². The van der Waals surface area contributed by atoms with E-state index in [0.29, 0.717) is 13.0 Å². The zero-order chi connectivity index (χ0) is 13.8. The second kappa shape index (κ2) is 7.51. The van der Waals surface area contributed by atoms with Crippen molar-refractivity contribution in [2.75, 3.05) is 7.05 Å². The van der Waals surface area contributed by atoms with E-state index in [1.807, 2.05) is 33.0 Å². The van der Waals surface area contributed by atoms with Crippen molar-refractivity contribution in [3.8, 4) is 0 Å². The molecule has 1 aromatic rings. The minimum Gasteiger partial charge on any atom is -0.340 e. The summed E-state index contributed by atoms with van der Waals surface area (Å²) in [6, 6.07) is 8.19. The Morgan fingerprint density at radius 1 is 1.42 bits per heavy atom. The topological polar surface area (TPSA) is 46.3 Å². The number of hydrogen-bond acceptors (Lipinski definition) is 2. The summed E-state index contributed by atoms with van der Waals surface area (Å²) in [5.74, 6) is 0.00542. The summed E-state index contributed by atoms with van der Waals surface area (Å²) in [7, 11) is 1.81. The molecule has 0 heterocycles. The van der Waals surface area contributed by atoms with Crippen molar-refractivity contribution >= 4 is 18.3 Å². The lowest BCUT2D eigenvalue weighted by atomic mass is 9.95. The zero-order valence-electron chi connectivity index (χ0n) is 12.3. The molecule has 1 amide bonds. The van der Waals surface area contributed by atoms with E-state index in [1.54, 1.807) is 4.90 Å². The molecule has 2 N–H and O–H groups in total. The van der Waals surface area contributed by atoms with Crippen LogP contribution in [0.4, 0.5) is 0 Å². The number of nitrogens with two attached hydrogens (primary N) is 1. The smallest absolute Gasteiger partial charge is 0.242 e. The fourth-order valence-corrected chi connectivity index (χ4v) is 2.22. The average molecular weight is 285 g/mol. The molecule has 0 aliphatic heterocycles. The van der Waals surface area contributed by atoms with E-state index in [9.17, 15) is 4.79 Å². The van der Waals surface area contributed by atoms with Crippen molar-refractivity contribution in [2.24, 2.45) is 5.73 Å². The fourth-order valence-electron chi connectivity index (χ4n) is 2.22. The Hall–Kier alpha value is -1.06. The van der Waals surface area contributed by atoms with Crippen molar-refractivity contribution in [1.82, 2.24) is 4.90 Å². The van der Waals surface area contributed by atoms with Crippen molar-refractivity contribution in [2.45, 2.75) is 45.7 Å². The van der Waals surface area contributed by atoms with Crippen molar-refractivity contribution in [1.29, 1.82) is 0 Å². The van der Waals surface area contributed by atoms with Crippen LogP contribution in [0.15, 0.2) is 24.3 Å². The lowest BCUT2D eigenvalue weighted by Gasteiger charge is -2.29. The predicted octanol–water partition coefficient (Wildman–Crippen LogP) is 2.89. The molecule has 0 saturated heterocycles. The number of carbonyl (C=O) groups is 1. The number of benzene rings is 1. The number of carbonyl (C=O) groups excluding carboxylic acids is 1. The molecule has 3 nitrogen and oxygen atoms in total. The summed E-state index contributed by atoms with van der Waals surface area (Å²) in [6.07, 6.45) is 1.63. The van der Waals surface area contributed by atoms with Crippen LogP contribution >= 0.6 is 12.4 Å². The van der Waals surface area contributed by atoms with Gasteiger partial charge in [-0.3, -0.25) is 4.79 Å². The Labute approximate surface area is 122 Å². The maximum absolute atomic E-state index is 12.2. The van der Waals surface area contributed by atoms with Crippen LogP contribution in [-0.4, -0.2) is 23.4 Å². The monoisotopic (exact) mass is 284 g/mol. The molecule has 0 spiro atoms. The number of amides is 1. The first-order valence-electron chi connectivity index (χ1n) is 6.47. The van der Waals surface area contributed by atoms with E-state index < -0.39 is 5.54 Å². The minimum absolute atomic E-state index is 0. The van der Waals surface area contributed by atoms with Gasteiger partial charge < -0.3 is 10.6 Å². The van der Waals surface area contributed by atoms with Crippen LogP contribution in [0.5, 0.6) is 0 Å². The van der Waals surface area contributed by atoms with Gasteiger partial charge in [-0.15, -0.1) is 12.4 Å². The lowest BCUT2D eigenvalue weighted by Crippen LogP contribution is -2.51. The molecule has 0 radical (unpaired) electrons. The second-order valence-electron chi connectivity index (χ2n) is 5.32. The number of hydrogen-bond donors (Lipinski definition) is 1. The molecule has 1 aromatic carbocycles. The average Bonchev–Trinajstić information content (AvgIpc) is 2.27. The van der Waals surface area contributed by atoms with Gasteiger partial charge in [0.15, 0.2) is 0 Å². The van der Waals surface area contributed by atoms with Gasteiger partial charge in [-0.2, -0.15) is 0 Å². The Morgan fingerprint density at radius 3 is 2.58 bits per heavy atom. The van der Waals surface area contributed by atoms with Crippen LogP contribution in [0.1, 0.15) is 37.8 Å². The molecule has 0 aromatic heterocycles. The Bertz CT molecular complexity index is 418. The highest BCUT2D eigenvalue weighted by Crippen LogP contribution is 2.14. The van der Waals surface area contributed by atoms with Gasteiger partial charge in [0, 0.05) is 13.6 Å². The third-order valence-electron chi connectivity index (χ3n) is 3.11. The van der Waals surface area contributed by atoms with Crippen LogP contribution in [0.3, 0.4) is 0 Å². The van der Waals surface area contributed by atoms with E-state index in [-0.39, 0.29) is 18.3 Å². The highest BCUT2D eigenvalue weighted by molar-refractivity contribution is 5.85. The largest absolute Gasteiger partial charge is 0.340 e. The van der Waals surface area contributed by atoms with Crippen molar-refractivity contribution < 1.29 is 4.79 Å². The molecule has 1 atom stereocenters. The number of halogens is 1. The summed E-state index contributed by atoms with van der Waals surface area (Å²) >= 11 is 0. The first kappa shape index (κ1) is 17.9. The number of aryl methyl sites for hydroxylation is 1. The molecule has 0 fully saturated rings. The molecule has 4 heteroatoms.